The Morgan fingerprint density at radius 2 is 2.13 bits per heavy atom. The molecule has 0 aliphatic carbocycles. The van der Waals surface area contributed by atoms with E-state index in [1.807, 2.05) is 0 Å². The highest BCUT2D eigenvalue weighted by Crippen LogP contribution is 2.25. The Kier molecular flexibility index (Phi) is 1.56. The Morgan fingerprint density at radius 1 is 1.20 bits per heavy atom. The van der Waals surface area contributed by atoms with Gasteiger partial charge in [0.05, 0.1) is 11.8 Å². The molecule has 0 amide bonds. The standard InChI is InChI=1S/C11H8N2O2/c12-8-1-2-10-9(5-8)13-11(15-10)7-3-4-14-6-7/h1-6H,12H2. The molecule has 3 rings (SSSR count). The van der Waals surface area contributed by atoms with Gasteiger partial charge in [-0.15, -0.1) is 0 Å². The molecule has 0 atom stereocenters. The van der Waals surface area contributed by atoms with E-state index in [4.69, 9.17) is 14.6 Å². The molecule has 3 aromatic rings. The van der Waals surface area contributed by atoms with Crippen LogP contribution in [0.15, 0.2) is 45.6 Å². The minimum atomic E-state index is 0.546. The van der Waals surface area contributed by atoms with Crippen molar-refractivity contribution in [3.8, 4) is 11.5 Å². The van der Waals surface area contributed by atoms with Gasteiger partial charge in [-0.1, -0.05) is 0 Å². The zero-order valence-electron chi connectivity index (χ0n) is 7.81. The van der Waals surface area contributed by atoms with Gasteiger partial charge in [0, 0.05) is 5.69 Å². The molecule has 4 heteroatoms. The van der Waals surface area contributed by atoms with Crippen molar-refractivity contribution in [2.75, 3.05) is 5.73 Å². The molecule has 2 heterocycles. The molecule has 74 valence electrons. The number of anilines is 1. The first-order valence-corrected chi connectivity index (χ1v) is 4.51. The number of aromatic nitrogens is 1. The first-order valence-electron chi connectivity index (χ1n) is 4.51. The van der Waals surface area contributed by atoms with Gasteiger partial charge in [-0.3, -0.25) is 0 Å². The molecule has 2 aromatic heterocycles. The van der Waals surface area contributed by atoms with Crippen LogP contribution < -0.4 is 5.73 Å². The van der Waals surface area contributed by atoms with E-state index in [1.54, 1.807) is 36.8 Å². The average molecular weight is 200 g/mol. The van der Waals surface area contributed by atoms with Crippen molar-refractivity contribution < 1.29 is 8.83 Å². The molecule has 0 aliphatic rings. The topological polar surface area (TPSA) is 65.2 Å². The SMILES string of the molecule is Nc1ccc2oc(-c3ccoc3)nc2c1. The zero-order valence-corrected chi connectivity index (χ0v) is 7.81. The van der Waals surface area contributed by atoms with E-state index in [1.165, 1.54) is 0 Å². The number of nitrogens with zero attached hydrogens (tertiary/aromatic N) is 1. The van der Waals surface area contributed by atoms with Crippen molar-refractivity contribution in [3.63, 3.8) is 0 Å². The second-order valence-corrected chi connectivity index (χ2v) is 3.26. The number of nitrogen functional groups attached to an aromatic ring is 1. The Balaban J connectivity index is 2.22. The number of hydrogen-bond donors (Lipinski definition) is 1. The van der Waals surface area contributed by atoms with Gasteiger partial charge in [0.2, 0.25) is 5.89 Å². The quantitative estimate of drug-likeness (QED) is 0.613. The minimum absolute atomic E-state index is 0.546. The number of furan rings is 1. The lowest BCUT2D eigenvalue weighted by Gasteiger charge is -1.88. The number of hydrogen-bond acceptors (Lipinski definition) is 4. The van der Waals surface area contributed by atoms with Crippen LogP contribution in [0.25, 0.3) is 22.6 Å². The van der Waals surface area contributed by atoms with Gasteiger partial charge < -0.3 is 14.6 Å². The molecular weight excluding hydrogens is 192 g/mol. The van der Waals surface area contributed by atoms with E-state index >= 15 is 0 Å². The van der Waals surface area contributed by atoms with Crippen LogP contribution in [-0.2, 0) is 0 Å². The Labute approximate surface area is 85.3 Å². The smallest absolute Gasteiger partial charge is 0.230 e. The molecule has 0 unspecified atom stereocenters. The molecule has 15 heavy (non-hydrogen) atoms. The lowest BCUT2D eigenvalue weighted by molar-refractivity contribution is 0.564. The minimum Gasteiger partial charge on any atom is -0.472 e. The summed E-state index contributed by atoms with van der Waals surface area (Å²) in [4.78, 5) is 4.31. The van der Waals surface area contributed by atoms with Crippen LogP contribution in [0.5, 0.6) is 0 Å². The monoisotopic (exact) mass is 200 g/mol. The average Bonchev–Trinajstić information content (AvgIpc) is 2.84. The van der Waals surface area contributed by atoms with Crippen LogP contribution >= 0.6 is 0 Å². The summed E-state index contributed by atoms with van der Waals surface area (Å²) in [6, 6.07) is 7.17. The second kappa shape index (κ2) is 2.88. The Hall–Kier alpha value is -2.23. The molecule has 1 aromatic carbocycles. The van der Waals surface area contributed by atoms with Crippen LogP contribution in [0.3, 0.4) is 0 Å². The second-order valence-electron chi connectivity index (χ2n) is 3.26. The predicted octanol–water partition coefficient (Wildman–Crippen LogP) is 2.67. The first kappa shape index (κ1) is 8.11. The molecule has 2 N–H and O–H groups in total. The van der Waals surface area contributed by atoms with Crippen LogP contribution in [0.2, 0.25) is 0 Å². The van der Waals surface area contributed by atoms with Gasteiger partial charge in [0.15, 0.2) is 5.58 Å². The summed E-state index contributed by atoms with van der Waals surface area (Å²) >= 11 is 0. The number of oxazole rings is 1. The third-order valence-corrected chi connectivity index (χ3v) is 2.18. The lowest BCUT2D eigenvalue weighted by Crippen LogP contribution is -1.82. The summed E-state index contributed by atoms with van der Waals surface area (Å²) < 4.78 is 10.5. The Morgan fingerprint density at radius 3 is 2.93 bits per heavy atom. The van der Waals surface area contributed by atoms with Gasteiger partial charge in [-0.05, 0) is 24.3 Å². The third-order valence-electron chi connectivity index (χ3n) is 2.18. The molecule has 0 spiro atoms. The van der Waals surface area contributed by atoms with E-state index in [2.05, 4.69) is 4.98 Å². The maximum Gasteiger partial charge on any atom is 0.230 e. The summed E-state index contributed by atoms with van der Waals surface area (Å²) in [6.45, 7) is 0. The van der Waals surface area contributed by atoms with E-state index in [0.29, 0.717) is 11.6 Å². The molecule has 0 aliphatic heterocycles. The van der Waals surface area contributed by atoms with Gasteiger partial charge in [-0.2, -0.15) is 0 Å². The van der Waals surface area contributed by atoms with Crippen LogP contribution in [0.1, 0.15) is 0 Å². The highest BCUT2D eigenvalue weighted by molar-refractivity contribution is 5.79. The van der Waals surface area contributed by atoms with Crippen molar-refractivity contribution in [2.45, 2.75) is 0 Å². The summed E-state index contributed by atoms with van der Waals surface area (Å²) in [5, 5.41) is 0. The van der Waals surface area contributed by atoms with Crippen LogP contribution in [-0.4, -0.2) is 4.98 Å². The van der Waals surface area contributed by atoms with Crippen molar-refractivity contribution >= 4 is 16.8 Å². The van der Waals surface area contributed by atoms with Gasteiger partial charge in [-0.25, -0.2) is 4.98 Å². The first-order chi connectivity index (χ1) is 7.33. The molecule has 0 radical (unpaired) electrons. The van der Waals surface area contributed by atoms with Crippen LogP contribution in [0.4, 0.5) is 5.69 Å². The normalized spacial score (nSPS) is 10.9. The number of rotatable bonds is 1. The molecule has 0 bridgehead atoms. The fraction of sp³-hybridized carbons (Fsp3) is 0. The largest absolute Gasteiger partial charge is 0.472 e. The lowest BCUT2D eigenvalue weighted by atomic mass is 10.3. The maximum absolute atomic E-state index is 5.65. The fourth-order valence-electron chi connectivity index (χ4n) is 1.45. The summed E-state index contributed by atoms with van der Waals surface area (Å²) in [6.07, 6.45) is 3.17. The van der Waals surface area contributed by atoms with Crippen molar-refractivity contribution in [1.29, 1.82) is 0 Å². The predicted molar refractivity (Wildman–Crippen MR) is 56.1 cm³/mol. The molecule has 0 saturated carbocycles. The molecular formula is C11H8N2O2. The molecule has 0 fully saturated rings. The third kappa shape index (κ3) is 1.27. The molecule has 4 nitrogen and oxygen atoms in total. The molecule has 0 saturated heterocycles. The van der Waals surface area contributed by atoms with Gasteiger partial charge in [0.25, 0.3) is 0 Å². The van der Waals surface area contributed by atoms with Crippen molar-refractivity contribution in [2.24, 2.45) is 0 Å². The van der Waals surface area contributed by atoms with E-state index in [0.717, 1.165) is 16.7 Å². The van der Waals surface area contributed by atoms with Gasteiger partial charge in [0.1, 0.15) is 11.8 Å². The Bertz CT molecular complexity index is 596. The maximum atomic E-state index is 5.65. The van der Waals surface area contributed by atoms with Gasteiger partial charge >= 0.3 is 0 Å². The highest BCUT2D eigenvalue weighted by atomic mass is 16.4. The summed E-state index contributed by atoms with van der Waals surface area (Å²) in [7, 11) is 0. The van der Waals surface area contributed by atoms with E-state index < -0.39 is 0 Å². The van der Waals surface area contributed by atoms with Crippen molar-refractivity contribution in [1.82, 2.24) is 4.98 Å². The summed E-state index contributed by atoms with van der Waals surface area (Å²) in [5.74, 6) is 0.546. The fourth-order valence-corrected chi connectivity index (χ4v) is 1.45. The van der Waals surface area contributed by atoms with E-state index in [-0.39, 0.29) is 0 Å². The highest BCUT2D eigenvalue weighted by Gasteiger charge is 2.08. The summed E-state index contributed by atoms with van der Waals surface area (Å²) in [5.41, 5.74) is 8.63. The number of nitrogens with two attached hydrogens (primary N) is 1. The number of benzene rings is 1. The zero-order chi connectivity index (χ0) is 10.3. The number of fused-ring (bicyclic) bond motifs is 1. The van der Waals surface area contributed by atoms with Crippen molar-refractivity contribution in [3.05, 3.63) is 36.8 Å². The van der Waals surface area contributed by atoms with Crippen LogP contribution in [0, 0.1) is 0 Å². The van der Waals surface area contributed by atoms with E-state index in [9.17, 15) is 0 Å².